The molecule has 0 aromatic heterocycles. The summed E-state index contributed by atoms with van der Waals surface area (Å²) in [4.78, 5) is 2.16. The lowest BCUT2D eigenvalue weighted by Crippen LogP contribution is -2.17. The van der Waals surface area contributed by atoms with Gasteiger partial charge in [-0.1, -0.05) is 36.3 Å². The molecule has 0 unspecified atom stereocenters. The molecular formula is C17H21N3O. The number of hydrogen-bond donors (Lipinski definition) is 2. The van der Waals surface area contributed by atoms with Crippen molar-refractivity contribution in [3.63, 3.8) is 0 Å². The molecule has 0 saturated heterocycles. The molecule has 2 aromatic rings. The first-order chi connectivity index (χ1) is 10.1. The van der Waals surface area contributed by atoms with Gasteiger partial charge in [-0.15, -0.1) is 0 Å². The van der Waals surface area contributed by atoms with Gasteiger partial charge in [-0.3, -0.25) is 0 Å². The van der Waals surface area contributed by atoms with E-state index >= 15 is 0 Å². The van der Waals surface area contributed by atoms with Crippen LogP contribution in [0.1, 0.15) is 23.6 Å². The molecule has 0 atom stereocenters. The zero-order valence-electron chi connectivity index (χ0n) is 12.5. The number of oxime groups is 1. The van der Waals surface area contributed by atoms with E-state index < -0.39 is 0 Å². The molecule has 2 aromatic carbocycles. The Kier molecular flexibility index (Phi) is 4.82. The van der Waals surface area contributed by atoms with Crippen molar-refractivity contribution in [2.24, 2.45) is 10.9 Å². The van der Waals surface area contributed by atoms with E-state index in [1.165, 1.54) is 11.1 Å². The Morgan fingerprint density at radius 2 is 1.62 bits per heavy atom. The third-order valence-electron chi connectivity index (χ3n) is 3.56. The second-order valence-corrected chi connectivity index (χ2v) is 5.06. The fourth-order valence-electron chi connectivity index (χ4n) is 2.19. The van der Waals surface area contributed by atoms with Crippen molar-refractivity contribution < 1.29 is 5.21 Å². The second-order valence-electron chi connectivity index (χ2n) is 5.06. The molecule has 0 bridgehead atoms. The van der Waals surface area contributed by atoms with Gasteiger partial charge in [0, 0.05) is 24.8 Å². The van der Waals surface area contributed by atoms with Gasteiger partial charge >= 0.3 is 0 Å². The summed E-state index contributed by atoms with van der Waals surface area (Å²) in [7, 11) is 2.05. The minimum atomic E-state index is 0.124. The van der Waals surface area contributed by atoms with Crippen molar-refractivity contribution in [1.82, 2.24) is 0 Å². The molecule has 0 saturated carbocycles. The van der Waals surface area contributed by atoms with Gasteiger partial charge in [0.05, 0.1) is 0 Å². The monoisotopic (exact) mass is 283 g/mol. The van der Waals surface area contributed by atoms with Gasteiger partial charge in [-0.2, -0.15) is 0 Å². The van der Waals surface area contributed by atoms with Crippen LogP contribution < -0.4 is 10.6 Å². The summed E-state index contributed by atoms with van der Waals surface area (Å²) in [6.45, 7) is 3.00. The topological polar surface area (TPSA) is 61.8 Å². The molecule has 0 aliphatic carbocycles. The number of nitrogens with two attached hydrogens (primary N) is 1. The SMILES string of the molecule is CCc1ccc(CN(C)c2ccc(C(N)=NO)cc2)cc1. The molecule has 21 heavy (non-hydrogen) atoms. The summed E-state index contributed by atoms with van der Waals surface area (Å²) in [6.07, 6.45) is 1.06. The predicted molar refractivity (Wildman–Crippen MR) is 86.9 cm³/mol. The number of anilines is 1. The Labute approximate surface area is 125 Å². The van der Waals surface area contributed by atoms with E-state index in [1.54, 1.807) is 0 Å². The van der Waals surface area contributed by atoms with E-state index in [9.17, 15) is 0 Å². The van der Waals surface area contributed by atoms with Crippen LogP contribution >= 0.6 is 0 Å². The third-order valence-corrected chi connectivity index (χ3v) is 3.56. The summed E-state index contributed by atoms with van der Waals surface area (Å²) in [6, 6.07) is 16.3. The minimum Gasteiger partial charge on any atom is -0.409 e. The maximum absolute atomic E-state index is 8.66. The molecule has 0 aliphatic rings. The van der Waals surface area contributed by atoms with Crippen molar-refractivity contribution in [2.45, 2.75) is 19.9 Å². The Morgan fingerprint density at radius 3 is 2.14 bits per heavy atom. The maximum atomic E-state index is 8.66. The summed E-state index contributed by atoms with van der Waals surface area (Å²) in [5, 5.41) is 11.7. The van der Waals surface area contributed by atoms with Gasteiger partial charge in [0.25, 0.3) is 0 Å². The molecule has 4 nitrogen and oxygen atoms in total. The highest BCUT2D eigenvalue weighted by atomic mass is 16.4. The van der Waals surface area contributed by atoms with Crippen LogP contribution in [0.25, 0.3) is 0 Å². The molecule has 4 heteroatoms. The first-order valence-corrected chi connectivity index (χ1v) is 7.01. The normalized spacial score (nSPS) is 11.4. The molecule has 0 fully saturated rings. The Hall–Kier alpha value is -2.49. The average Bonchev–Trinajstić information content (AvgIpc) is 2.55. The average molecular weight is 283 g/mol. The molecular weight excluding hydrogens is 262 g/mol. The molecule has 0 aliphatic heterocycles. The van der Waals surface area contributed by atoms with Crippen LogP contribution in [0.15, 0.2) is 53.7 Å². The highest BCUT2D eigenvalue weighted by molar-refractivity contribution is 5.97. The van der Waals surface area contributed by atoms with Crippen molar-refractivity contribution in [1.29, 1.82) is 0 Å². The standard InChI is InChI=1S/C17H21N3O/c1-3-13-4-6-14(7-5-13)12-20(2)16-10-8-15(9-11-16)17(18)19-21/h4-11,21H,3,12H2,1-2H3,(H2,18,19). The smallest absolute Gasteiger partial charge is 0.170 e. The Morgan fingerprint density at radius 1 is 1.05 bits per heavy atom. The first kappa shape index (κ1) is 14.9. The Bertz CT molecular complexity index is 603. The molecule has 0 amide bonds. The number of hydrogen-bond acceptors (Lipinski definition) is 3. The Balaban J connectivity index is 2.07. The molecule has 0 radical (unpaired) electrons. The summed E-state index contributed by atoms with van der Waals surface area (Å²) in [5.74, 6) is 0.124. The third kappa shape index (κ3) is 3.75. The number of amidine groups is 1. The van der Waals surface area contributed by atoms with Crippen LogP contribution in [-0.2, 0) is 13.0 Å². The fraction of sp³-hybridized carbons (Fsp3) is 0.235. The minimum absolute atomic E-state index is 0.124. The lowest BCUT2D eigenvalue weighted by Gasteiger charge is -2.20. The molecule has 0 heterocycles. The van der Waals surface area contributed by atoms with E-state index in [4.69, 9.17) is 10.9 Å². The second kappa shape index (κ2) is 6.79. The largest absolute Gasteiger partial charge is 0.409 e. The van der Waals surface area contributed by atoms with E-state index in [2.05, 4.69) is 41.2 Å². The van der Waals surface area contributed by atoms with E-state index in [-0.39, 0.29) is 5.84 Å². The molecule has 0 spiro atoms. The fourth-order valence-corrected chi connectivity index (χ4v) is 2.19. The van der Waals surface area contributed by atoms with Crippen LogP contribution in [0.4, 0.5) is 5.69 Å². The number of benzene rings is 2. The number of nitrogens with zero attached hydrogens (tertiary/aromatic N) is 2. The highest BCUT2D eigenvalue weighted by Gasteiger charge is 2.04. The van der Waals surface area contributed by atoms with E-state index in [1.807, 2.05) is 31.3 Å². The van der Waals surface area contributed by atoms with Gasteiger partial charge in [0.2, 0.25) is 0 Å². The van der Waals surface area contributed by atoms with Crippen LogP contribution in [0, 0.1) is 0 Å². The predicted octanol–water partition coefficient (Wildman–Crippen LogP) is 2.98. The zero-order valence-corrected chi connectivity index (χ0v) is 12.5. The molecule has 2 rings (SSSR count). The van der Waals surface area contributed by atoms with Crippen LogP contribution in [-0.4, -0.2) is 18.1 Å². The van der Waals surface area contributed by atoms with Gasteiger partial charge in [-0.25, -0.2) is 0 Å². The van der Waals surface area contributed by atoms with Crippen molar-refractivity contribution in [2.75, 3.05) is 11.9 Å². The highest BCUT2D eigenvalue weighted by Crippen LogP contribution is 2.17. The maximum Gasteiger partial charge on any atom is 0.170 e. The number of aryl methyl sites for hydroxylation is 1. The molecule has 110 valence electrons. The van der Waals surface area contributed by atoms with Crippen LogP contribution in [0.5, 0.6) is 0 Å². The van der Waals surface area contributed by atoms with Gasteiger partial charge in [0.1, 0.15) is 0 Å². The van der Waals surface area contributed by atoms with E-state index in [0.29, 0.717) is 5.56 Å². The van der Waals surface area contributed by atoms with Gasteiger partial charge in [0.15, 0.2) is 5.84 Å². The lowest BCUT2D eigenvalue weighted by atomic mass is 10.1. The zero-order chi connectivity index (χ0) is 15.2. The van der Waals surface area contributed by atoms with Gasteiger partial charge < -0.3 is 15.8 Å². The van der Waals surface area contributed by atoms with Crippen molar-refractivity contribution >= 4 is 11.5 Å². The summed E-state index contributed by atoms with van der Waals surface area (Å²) in [5.41, 5.74) is 9.98. The summed E-state index contributed by atoms with van der Waals surface area (Å²) < 4.78 is 0. The van der Waals surface area contributed by atoms with Crippen molar-refractivity contribution in [3.05, 3.63) is 65.2 Å². The molecule has 3 N–H and O–H groups in total. The van der Waals surface area contributed by atoms with Crippen LogP contribution in [0.3, 0.4) is 0 Å². The van der Waals surface area contributed by atoms with Crippen LogP contribution in [0.2, 0.25) is 0 Å². The van der Waals surface area contributed by atoms with E-state index in [0.717, 1.165) is 18.7 Å². The van der Waals surface area contributed by atoms with Crippen molar-refractivity contribution in [3.8, 4) is 0 Å². The quantitative estimate of drug-likeness (QED) is 0.384. The summed E-state index contributed by atoms with van der Waals surface area (Å²) >= 11 is 0. The van der Waals surface area contributed by atoms with Gasteiger partial charge in [-0.05, 0) is 41.8 Å². The number of rotatable bonds is 5. The lowest BCUT2D eigenvalue weighted by molar-refractivity contribution is 0.318. The first-order valence-electron chi connectivity index (χ1n) is 7.01.